The summed E-state index contributed by atoms with van der Waals surface area (Å²) in [6, 6.07) is 13.1. The molecule has 0 aliphatic carbocycles. The molecule has 30 heavy (non-hydrogen) atoms. The molecule has 0 saturated heterocycles. The van der Waals surface area contributed by atoms with Crippen LogP contribution >= 0.6 is 23.2 Å². The van der Waals surface area contributed by atoms with E-state index in [0.717, 1.165) is 17.7 Å². The van der Waals surface area contributed by atoms with Crippen molar-refractivity contribution >= 4 is 40.8 Å². The van der Waals surface area contributed by atoms with Crippen molar-refractivity contribution in [1.29, 1.82) is 0 Å². The minimum absolute atomic E-state index is 0.0305. The van der Waals surface area contributed by atoms with E-state index >= 15 is 0 Å². The first-order valence-electron chi connectivity index (χ1n) is 9.00. The lowest BCUT2D eigenvalue weighted by molar-refractivity contribution is -0.123. The number of nitrogens with one attached hydrogen (secondary N) is 1. The topological polar surface area (TPSA) is 73.2 Å². The molecule has 0 radical (unpaired) electrons. The largest absolute Gasteiger partial charge is 0.449 e. The molecular weight excluding hydrogens is 432 g/mol. The number of nitrogens with zero attached hydrogens (tertiary/aromatic N) is 2. The van der Waals surface area contributed by atoms with Gasteiger partial charge < -0.3 is 10.1 Å². The molecule has 3 rings (SSSR count). The van der Waals surface area contributed by atoms with Gasteiger partial charge in [0.2, 0.25) is 0 Å². The highest BCUT2D eigenvalue weighted by Gasteiger charge is 2.26. The van der Waals surface area contributed by atoms with Gasteiger partial charge in [0, 0.05) is 0 Å². The predicted octanol–water partition coefficient (Wildman–Crippen LogP) is 4.87. The van der Waals surface area contributed by atoms with Gasteiger partial charge in [0.05, 0.1) is 22.9 Å². The van der Waals surface area contributed by atoms with Crippen molar-refractivity contribution in [3.63, 3.8) is 0 Å². The second-order valence-corrected chi connectivity index (χ2v) is 7.32. The molecule has 0 fully saturated rings. The highest BCUT2D eigenvalue weighted by atomic mass is 35.5. The third-order valence-electron chi connectivity index (χ3n) is 4.29. The van der Waals surface area contributed by atoms with Crippen LogP contribution in [-0.2, 0) is 16.1 Å². The van der Waals surface area contributed by atoms with Crippen molar-refractivity contribution in [1.82, 2.24) is 9.78 Å². The molecule has 1 N–H and O–H groups in total. The summed E-state index contributed by atoms with van der Waals surface area (Å²) in [6.45, 7) is 3.42. The lowest BCUT2D eigenvalue weighted by atomic mass is 10.2. The number of carbonyl (C=O) groups excluding carboxylic acids is 2. The molecule has 1 atom stereocenters. The summed E-state index contributed by atoms with van der Waals surface area (Å²) in [4.78, 5) is 25.0. The zero-order chi connectivity index (χ0) is 21.8. The molecule has 0 aliphatic heterocycles. The van der Waals surface area contributed by atoms with Crippen molar-refractivity contribution < 1.29 is 18.7 Å². The van der Waals surface area contributed by atoms with E-state index < -0.39 is 23.8 Å². The van der Waals surface area contributed by atoms with Crippen LogP contribution in [0.1, 0.15) is 28.5 Å². The van der Waals surface area contributed by atoms with Gasteiger partial charge in [-0.1, -0.05) is 53.5 Å². The molecule has 156 valence electrons. The minimum Gasteiger partial charge on any atom is -0.449 e. The van der Waals surface area contributed by atoms with E-state index in [1.54, 1.807) is 6.92 Å². The summed E-state index contributed by atoms with van der Waals surface area (Å²) in [5.41, 5.74) is 1.64. The Balaban J connectivity index is 1.69. The summed E-state index contributed by atoms with van der Waals surface area (Å²) >= 11 is 12.2. The SMILES string of the molecule is Cc1nn(Cc2ccccc2)c(Cl)c1C(=O)O[C@@H](C)C(=O)Nc1ccc(F)cc1Cl. The number of halogens is 3. The van der Waals surface area contributed by atoms with Crippen molar-refractivity contribution in [2.75, 3.05) is 5.32 Å². The van der Waals surface area contributed by atoms with Gasteiger partial charge in [0.1, 0.15) is 16.5 Å². The van der Waals surface area contributed by atoms with E-state index in [4.69, 9.17) is 27.9 Å². The van der Waals surface area contributed by atoms with Crippen LogP contribution in [0.2, 0.25) is 10.2 Å². The van der Waals surface area contributed by atoms with Crippen molar-refractivity contribution in [2.24, 2.45) is 0 Å². The number of amides is 1. The second kappa shape index (κ2) is 9.28. The first kappa shape index (κ1) is 21.8. The van der Waals surface area contributed by atoms with Gasteiger partial charge in [0.15, 0.2) is 6.10 Å². The van der Waals surface area contributed by atoms with Gasteiger partial charge in [-0.3, -0.25) is 4.79 Å². The zero-order valence-corrected chi connectivity index (χ0v) is 17.7. The Morgan fingerprint density at radius 1 is 1.20 bits per heavy atom. The molecule has 9 heteroatoms. The number of carbonyl (C=O) groups is 2. The number of aromatic nitrogens is 2. The fourth-order valence-corrected chi connectivity index (χ4v) is 3.27. The maximum Gasteiger partial charge on any atom is 0.343 e. The van der Waals surface area contributed by atoms with Gasteiger partial charge in [-0.2, -0.15) is 5.10 Å². The predicted molar refractivity (Wildman–Crippen MR) is 112 cm³/mol. The van der Waals surface area contributed by atoms with Crippen LogP contribution in [0.4, 0.5) is 10.1 Å². The van der Waals surface area contributed by atoms with Gasteiger partial charge in [-0.05, 0) is 37.6 Å². The molecule has 1 amide bonds. The Morgan fingerprint density at radius 2 is 1.90 bits per heavy atom. The number of hydrogen-bond donors (Lipinski definition) is 1. The Morgan fingerprint density at radius 3 is 2.57 bits per heavy atom. The number of rotatable bonds is 6. The number of benzene rings is 2. The molecule has 1 aromatic heterocycles. The lowest BCUT2D eigenvalue weighted by Crippen LogP contribution is -2.30. The summed E-state index contributed by atoms with van der Waals surface area (Å²) in [5.74, 6) is -1.93. The maximum atomic E-state index is 13.1. The molecule has 1 heterocycles. The van der Waals surface area contributed by atoms with E-state index in [-0.39, 0.29) is 21.4 Å². The zero-order valence-electron chi connectivity index (χ0n) is 16.2. The summed E-state index contributed by atoms with van der Waals surface area (Å²) in [5, 5.41) is 6.94. The monoisotopic (exact) mass is 449 g/mol. The molecule has 0 bridgehead atoms. The molecule has 0 spiro atoms. The number of ether oxygens (including phenoxy) is 1. The van der Waals surface area contributed by atoms with Gasteiger partial charge in [-0.25, -0.2) is 13.9 Å². The molecule has 6 nitrogen and oxygen atoms in total. The second-order valence-electron chi connectivity index (χ2n) is 6.56. The van der Waals surface area contributed by atoms with E-state index in [1.165, 1.54) is 17.7 Å². The smallest absolute Gasteiger partial charge is 0.343 e. The number of aryl methyl sites for hydroxylation is 1. The normalized spacial score (nSPS) is 11.8. The lowest BCUT2D eigenvalue weighted by Gasteiger charge is -2.14. The molecular formula is C21H18Cl2FN3O3. The van der Waals surface area contributed by atoms with Gasteiger partial charge >= 0.3 is 5.97 Å². The Bertz CT molecular complexity index is 1090. The van der Waals surface area contributed by atoms with Gasteiger partial charge in [0.25, 0.3) is 5.91 Å². The van der Waals surface area contributed by atoms with E-state index in [9.17, 15) is 14.0 Å². The average Bonchev–Trinajstić information content (AvgIpc) is 2.97. The minimum atomic E-state index is -1.15. The first-order valence-corrected chi connectivity index (χ1v) is 9.75. The van der Waals surface area contributed by atoms with E-state index in [2.05, 4.69) is 10.4 Å². The molecule has 0 unspecified atom stereocenters. The van der Waals surface area contributed by atoms with E-state index in [0.29, 0.717) is 12.2 Å². The summed E-state index contributed by atoms with van der Waals surface area (Å²) < 4.78 is 19.9. The number of hydrogen-bond acceptors (Lipinski definition) is 4. The van der Waals surface area contributed by atoms with Crippen molar-refractivity contribution in [3.8, 4) is 0 Å². The highest BCUT2D eigenvalue weighted by molar-refractivity contribution is 6.34. The third-order valence-corrected chi connectivity index (χ3v) is 4.98. The first-order chi connectivity index (χ1) is 14.3. The molecule has 2 aromatic carbocycles. The third kappa shape index (κ3) is 4.98. The average molecular weight is 450 g/mol. The fourth-order valence-electron chi connectivity index (χ4n) is 2.74. The van der Waals surface area contributed by atoms with Crippen LogP contribution < -0.4 is 5.32 Å². The summed E-state index contributed by atoms with van der Waals surface area (Å²) in [6.07, 6.45) is -1.15. The van der Waals surface area contributed by atoms with Crippen molar-refractivity contribution in [3.05, 3.63) is 81.3 Å². The Labute approximate surface area is 182 Å². The number of esters is 1. The van der Waals surface area contributed by atoms with Crippen LogP contribution in [0.25, 0.3) is 0 Å². The molecule has 0 aliphatic rings. The van der Waals surface area contributed by atoms with Crippen LogP contribution in [0, 0.1) is 12.7 Å². The fraction of sp³-hybridized carbons (Fsp3) is 0.190. The highest BCUT2D eigenvalue weighted by Crippen LogP contribution is 2.24. The van der Waals surface area contributed by atoms with E-state index in [1.807, 2.05) is 30.3 Å². The molecule has 3 aromatic rings. The summed E-state index contributed by atoms with van der Waals surface area (Å²) in [7, 11) is 0. The van der Waals surface area contributed by atoms with Crippen LogP contribution in [-0.4, -0.2) is 27.8 Å². The van der Waals surface area contributed by atoms with Gasteiger partial charge in [-0.15, -0.1) is 0 Å². The Kier molecular flexibility index (Phi) is 6.74. The quantitative estimate of drug-likeness (QED) is 0.544. The van der Waals surface area contributed by atoms with Crippen LogP contribution in [0.15, 0.2) is 48.5 Å². The number of anilines is 1. The van der Waals surface area contributed by atoms with Crippen LogP contribution in [0.3, 0.4) is 0 Å². The maximum absolute atomic E-state index is 13.1. The van der Waals surface area contributed by atoms with Crippen LogP contribution in [0.5, 0.6) is 0 Å². The van der Waals surface area contributed by atoms with Crippen molar-refractivity contribution in [2.45, 2.75) is 26.5 Å². The Hall–Kier alpha value is -2.90. The standard InChI is InChI=1S/C21H18Cl2FN3O3/c1-12-18(19(23)27(26-12)11-14-6-4-3-5-7-14)21(29)30-13(2)20(28)25-17-9-8-15(24)10-16(17)22/h3-10,13H,11H2,1-2H3,(H,25,28)/t13-/m0/s1. The molecule has 0 saturated carbocycles.